The van der Waals surface area contributed by atoms with E-state index >= 15 is 0 Å². The number of ether oxygens (including phenoxy) is 1. The van der Waals surface area contributed by atoms with Gasteiger partial charge in [-0.3, -0.25) is 4.79 Å². The summed E-state index contributed by atoms with van der Waals surface area (Å²) in [5.74, 6) is 0.912. The Morgan fingerprint density at radius 1 is 1.15 bits per heavy atom. The normalized spacial score (nSPS) is 10.4. The van der Waals surface area contributed by atoms with Crippen molar-refractivity contribution >= 4 is 11.6 Å². The first-order valence-electron chi connectivity index (χ1n) is 8.74. The summed E-state index contributed by atoms with van der Waals surface area (Å²) in [5, 5.41) is 10.3. The molecule has 0 saturated heterocycles. The molecule has 140 valence electrons. The number of para-hydroxylation sites is 1. The van der Waals surface area contributed by atoms with Gasteiger partial charge >= 0.3 is 0 Å². The number of nitrogens with zero attached hydrogens (tertiary/aromatic N) is 3. The quantitative estimate of drug-likeness (QED) is 0.587. The minimum absolute atomic E-state index is 0.0194. The molecule has 0 aliphatic carbocycles. The molecular weight excluding hydrogens is 344 g/mol. The van der Waals surface area contributed by atoms with E-state index in [0.717, 1.165) is 24.2 Å². The van der Waals surface area contributed by atoms with Gasteiger partial charge in [0.2, 0.25) is 12.3 Å². The van der Waals surface area contributed by atoms with Gasteiger partial charge in [-0.15, -0.1) is 10.2 Å². The maximum Gasteiger partial charge on any atom is 0.257 e. The maximum atomic E-state index is 11.9. The second-order valence-corrected chi connectivity index (χ2v) is 6.02. The van der Waals surface area contributed by atoms with E-state index in [9.17, 15) is 4.79 Å². The Hall–Kier alpha value is -3.35. The Morgan fingerprint density at radius 2 is 1.93 bits per heavy atom. The predicted molar refractivity (Wildman–Crippen MR) is 103 cm³/mol. The van der Waals surface area contributed by atoms with Gasteiger partial charge in [-0.05, 0) is 42.8 Å². The Kier molecular flexibility index (Phi) is 6.40. The van der Waals surface area contributed by atoms with Crippen LogP contribution in [-0.2, 0) is 4.79 Å². The Morgan fingerprint density at radius 3 is 2.63 bits per heavy atom. The molecule has 2 aromatic carbocycles. The van der Waals surface area contributed by atoms with Gasteiger partial charge in [0.05, 0.1) is 0 Å². The average Bonchev–Trinajstić information content (AvgIpc) is 3.25. The number of aromatic nitrogens is 2. The molecule has 3 aromatic rings. The third kappa shape index (κ3) is 5.57. The monoisotopic (exact) mass is 366 g/mol. The van der Waals surface area contributed by atoms with E-state index in [2.05, 4.69) is 32.5 Å². The molecular formula is C20H22N4O3. The largest absolute Gasteiger partial charge is 0.484 e. The second kappa shape index (κ2) is 9.38. The highest BCUT2D eigenvalue weighted by Gasteiger charge is 2.06. The Bertz CT molecular complexity index is 820. The van der Waals surface area contributed by atoms with E-state index in [-0.39, 0.29) is 12.5 Å². The van der Waals surface area contributed by atoms with Crippen LogP contribution in [0.5, 0.6) is 5.75 Å². The minimum Gasteiger partial charge on any atom is -0.484 e. The number of rotatable bonds is 9. The highest BCUT2D eigenvalue weighted by molar-refractivity contribution is 5.77. The third-order valence-corrected chi connectivity index (χ3v) is 4.02. The number of carbonyl (C=O) groups is 1. The number of hydrogen-bond donors (Lipinski definition) is 1. The molecule has 0 radical (unpaired) electrons. The molecule has 7 nitrogen and oxygen atoms in total. The van der Waals surface area contributed by atoms with E-state index in [4.69, 9.17) is 9.15 Å². The zero-order valence-electron chi connectivity index (χ0n) is 15.2. The average molecular weight is 366 g/mol. The lowest BCUT2D eigenvalue weighted by Gasteiger charge is -2.19. The topological polar surface area (TPSA) is 80.5 Å². The van der Waals surface area contributed by atoms with Crippen molar-refractivity contribution in [1.29, 1.82) is 0 Å². The first kappa shape index (κ1) is 18.4. The summed E-state index contributed by atoms with van der Waals surface area (Å²) in [6, 6.07) is 17.3. The van der Waals surface area contributed by atoms with Crippen LogP contribution in [0.1, 0.15) is 6.42 Å². The standard InChI is InChI=1S/C20H22N4O3/c1-24(17-6-3-2-4-7-17)13-5-12-21-19(25)14-26-18-10-8-16(9-11-18)20-23-22-15-27-20/h2-4,6-11,15H,5,12-14H2,1H3,(H,21,25). The lowest BCUT2D eigenvalue weighted by atomic mass is 10.2. The third-order valence-electron chi connectivity index (χ3n) is 4.02. The summed E-state index contributed by atoms with van der Waals surface area (Å²) >= 11 is 0. The summed E-state index contributed by atoms with van der Waals surface area (Å²) in [6.45, 7) is 1.45. The number of nitrogens with one attached hydrogen (secondary N) is 1. The van der Waals surface area contributed by atoms with Crippen LogP contribution in [0.4, 0.5) is 5.69 Å². The Labute approximate surface area is 158 Å². The van der Waals surface area contributed by atoms with Crippen molar-refractivity contribution in [3.63, 3.8) is 0 Å². The number of amides is 1. The van der Waals surface area contributed by atoms with Crippen molar-refractivity contribution in [3.05, 3.63) is 61.0 Å². The zero-order chi connectivity index (χ0) is 18.9. The molecule has 1 heterocycles. The van der Waals surface area contributed by atoms with Crippen LogP contribution in [0.3, 0.4) is 0 Å². The van der Waals surface area contributed by atoms with Crippen molar-refractivity contribution in [3.8, 4) is 17.2 Å². The van der Waals surface area contributed by atoms with Gasteiger partial charge in [-0.1, -0.05) is 18.2 Å². The second-order valence-electron chi connectivity index (χ2n) is 6.02. The molecule has 7 heteroatoms. The molecule has 0 bridgehead atoms. The Balaban J connectivity index is 1.34. The lowest BCUT2D eigenvalue weighted by Crippen LogP contribution is -2.31. The van der Waals surface area contributed by atoms with Gasteiger partial charge in [0.15, 0.2) is 6.61 Å². The molecule has 27 heavy (non-hydrogen) atoms. The van der Waals surface area contributed by atoms with Crippen LogP contribution in [0.2, 0.25) is 0 Å². The molecule has 0 atom stereocenters. The van der Waals surface area contributed by atoms with Crippen LogP contribution >= 0.6 is 0 Å². The SMILES string of the molecule is CN(CCCNC(=O)COc1ccc(-c2nnco2)cc1)c1ccccc1. The summed E-state index contributed by atoms with van der Waals surface area (Å²) in [4.78, 5) is 14.1. The van der Waals surface area contributed by atoms with Crippen LogP contribution < -0.4 is 15.0 Å². The molecule has 1 N–H and O–H groups in total. The summed E-state index contributed by atoms with van der Waals surface area (Å²) < 4.78 is 10.6. The van der Waals surface area contributed by atoms with E-state index in [0.29, 0.717) is 18.2 Å². The molecule has 0 spiro atoms. The lowest BCUT2D eigenvalue weighted by molar-refractivity contribution is -0.123. The molecule has 0 aliphatic rings. The summed E-state index contributed by atoms with van der Waals surface area (Å²) in [7, 11) is 2.04. The van der Waals surface area contributed by atoms with Crippen molar-refractivity contribution < 1.29 is 13.9 Å². The smallest absolute Gasteiger partial charge is 0.257 e. The van der Waals surface area contributed by atoms with Crippen molar-refractivity contribution in [2.75, 3.05) is 31.6 Å². The number of benzene rings is 2. The molecule has 0 saturated carbocycles. The van der Waals surface area contributed by atoms with Gasteiger partial charge in [0.1, 0.15) is 5.75 Å². The number of anilines is 1. The van der Waals surface area contributed by atoms with Crippen LogP contribution in [0, 0.1) is 0 Å². The van der Waals surface area contributed by atoms with Crippen molar-refractivity contribution in [1.82, 2.24) is 15.5 Å². The fourth-order valence-corrected chi connectivity index (χ4v) is 2.55. The van der Waals surface area contributed by atoms with Crippen LogP contribution in [-0.4, -0.2) is 42.8 Å². The van der Waals surface area contributed by atoms with E-state index in [1.165, 1.54) is 6.39 Å². The van der Waals surface area contributed by atoms with E-state index in [1.54, 1.807) is 24.3 Å². The molecule has 3 rings (SSSR count). The van der Waals surface area contributed by atoms with E-state index < -0.39 is 0 Å². The molecule has 1 amide bonds. The van der Waals surface area contributed by atoms with Crippen molar-refractivity contribution in [2.45, 2.75) is 6.42 Å². The number of hydrogen-bond acceptors (Lipinski definition) is 6. The van der Waals surface area contributed by atoms with Gasteiger partial charge in [-0.25, -0.2) is 0 Å². The highest BCUT2D eigenvalue weighted by Crippen LogP contribution is 2.20. The summed E-state index contributed by atoms with van der Waals surface area (Å²) in [6.07, 6.45) is 2.14. The van der Waals surface area contributed by atoms with Gasteiger partial charge < -0.3 is 19.4 Å². The first-order chi connectivity index (χ1) is 13.2. The molecule has 1 aromatic heterocycles. The predicted octanol–water partition coefficient (Wildman–Crippen LogP) is 2.76. The molecule has 0 fully saturated rings. The van der Waals surface area contributed by atoms with Gasteiger partial charge in [0, 0.05) is 31.4 Å². The van der Waals surface area contributed by atoms with Gasteiger partial charge in [0.25, 0.3) is 5.91 Å². The van der Waals surface area contributed by atoms with Crippen LogP contribution in [0.25, 0.3) is 11.5 Å². The molecule has 0 unspecified atom stereocenters. The zero-order valence-corrected chi connectivity index (χ0v) is 15.2. The summed E-state index contributed by atoms with van der Waals surface area (Å²) in [5.41, 5.74) is 1.96. The van der Waals surface area contributed by atoms with E-state index in [1.807, 2.05) is 25.2 Å². The first-order valence-corrected chi connectivity index (χ1v) is 8.74. The van der Waals surface area contributed by atoms with Gasteiger partial charge in [-0.2, -0.15) is 0 Å². The fraction of sp³-hybridized carbons (Fsp3) is 0.250. The van der Waals surface area contributed by atoms with Crippen LogP contribution in [0.15, 0.2) is 65.4 Å². The highest BCUT2D eigenvalue weighted by atomic mass is 16.5. The number of carbonyl (C=O) groups excluding carboxylic acids is 1. The minimum atomic E-state index is -0.140. The van der Waals surface area contributed by atoms with Crippen molar-refractivity contribution in [2.24, 2.45) is 0 Å². The fourth-order valence-electron chi connectivity index (χ4n) is 2.55. The molecule has 0 aliphatic heterocycles. The maximum absolute atomic E-state index is 11.9.